The van der Waals surface area contributed by atoms with E-state index < -0.39 is 5.25 Å². The van der Waals surface area contributed by atoms with E-state index in [1.54, 1.807) is 0 Å². The van der Waals surface area contributed by atoms with Crippen molar-refractivity contribution < 1.29 is 14.0 Å². The lowest BCUT2D eigenvalue weighted by Crippen LogP contribution is -2.19. The zero-order valence-corrected chi connectivity index (χ0v) is 24.8. The molecule has 2 amide bonds. The summed E-state index contributed by atoms with van der Waals surface area (Å²) in [6, 6.07) is 45.9. The number of benzene rings is 6. The molecule has 45 heavy (non-hydrogen) atoms. The third-order valence-corrected chi connectivity index (χ3v) is 8.64. The van der Waals surface area contributed by atoms with Crippen molar-refractivity contribution in [1.29, 1.82) is 0 Å². The molecule has 1 heterocycles. The first-order chi connectivity index (χ1) is 22.1. The molecule has 0 aliphatic rings. The number of nitrogens with zero attached hydrogens (tertiary/aromatic N) is 1. The zero-order valence-electron chi connectivity index (χ0n) is 24.0. The van der Waals surface area contributed by atoms with Gasteiger partial charge in [-0.2, -0.15) is 0 Å². The number of para-hydroxylation sites is 2. The van der Waals surface area contributed by atoms with Gasteiger partial charge in [0.05, 0.1) is 0 Å². The Kier molecular flexibility index (Phi) is 7.83. The number of amides is 2. The van der Waals surface area contributed by atoms with Crippen molar-refractivity contribution in [1.82, 2.24) is 4.98 Å². The highest BCUT2D eigenvalue weighted by molar-refractivity contribution is 8.00. The van der Waals surface area contributed by atoms with E-state index in [4.69, 9.17) is 4.42 Å². The summed E-state index contributed by atoms with van der Waals surface area (Å²) in [6.45, 7) is 0. The summed E-state index contributed by atoms with van der Waals surface area (Å²) in [5.74, 6) is 0.173. The highest BCUT2D eigenvalue weighted by atomic mass is 32.2. The van der Waals surface area contributed by atoms with Crippen molar-refractivity contribution in [3.8, 4) is 11.5 Å². The van der Waals surface area contributed by atoms with Gasteiger partial charge in [-0.15, -0.1) is 11.8 Å². The number of rotatable bonds is 8. The third kappa shape index (κ3) is 6.34. The molecule has 7 rings (SSSR count). The number of oxazole rings is 1. The minimum absolute atomic E-state index is 0.161. The van der Waals surface area contributed by atoms with E-state index in [9.17, 15) is 9.59 Å². The van der Waals surface area contributed by atoms with Gasteiger partial charge in [0.15, 0.2) is 5.58 Å². The molecule has 0 radical (unpaired) electrons. The number of hydrogen-bond acceptors (Lipinski definition) is 5. The van der Waals surface area contributed by atoms with Crippen molar-refractivity contribution in [2.45, 2.75) is 10.1 Å². The number of carbonyl (C=O) groups excluding carboxylic acids is 2. The van der Waals surface area contributed by atoms with Crippen molar-refractivity contribution in [2.75, 3.05) is 10.6 Å². The molecule has 0 bridgehead atoms. The van der Waals surface area contributed by atoms with E-state index in [0.29, 0.717) is 22.8 Å². The summed E-state index contributed by atoms with van der Waals surface area (Å²) in [4.78, 5) is 32.2. The second kappa shape index (κ2) is 12.5. The normalized spacial score (nSPS) is 11.7. The van der Waals surface area contributed by atoms with Crippen LogP contribution in [0.4, 0.5) is 11.4 Å². The molecule has 2 N–H and O–H groups in total. The van der Waals surface area contributed by atoms with Crippen LogP contribution in [0.5, 0.6) is 0 Å². The maximum absolute atomic E-state index is 13.7. The average molecular weight is 606 g/mol. The number of aromatic nitrogens is 1. The molecule has 1 aromatic heterocycles. The van der Waals surface area contributed by atoms with Gasteiger partial charge in [-0.3, -0.25) is 9.59 Å². The van der Waals surface area contributed by atoms with Crippen LogP contribution in [0.1, 0.15) is 21.2 Å². The molecule has 1 atom stereocenters. The molecule has 0 saturated heterocycles. The Labute approximate surface area is 264 Å². The van der Waals surface area contributed by atoms with Gasteiger partial charge in [0, 0.05) is 27.4 Å². The molecular weight excluding hydrogens is 579 g/mol. The molecule has 218 valence electrons. The number of nitrogens with one attached hydrogen (secondary N) is 2. The van der Waals surface area contributed by atoms with E-state index in [-0.39, 0.29) is 11.8 Å². The van der Waals surface area contributed by atoms with E-state index in [1.807, 2.05) is 146 Å². The molecule has 7 heteroatoms. The molecule has 6 nitrogen and oxygen atoms in total. The minimum atomic E-state index is -0.533. The Morgan fingerprint density at radius 2 is 1.40 bits per heavy atom. The predicted molar refractivity (Wildman–Crippen MR) is 181 cm³/mol. The Morgan fingerprint density at radius 1 is 0.644 bits per heavy atom. The molecular formula is C38H27N3O3S. The maximum atomic E-state index is 13.7. The molecule has 0 fully saturated rings. The first-order valence-electron chi connectivity index (χ1n) is 14.5. The van der Waals surface area contributed by atoms with Crippen molar-refractivity contribution >= 4 is 56.8 Å². The number of anilines is 2. The lowest BCUT2D eigenvalue weighted by atomic mass is 10.1. The van der Waals surface area contributed by atoms with E-state index in [2.05, 4.69) is 15.6 Å². The highest BCUT2D eigenvalue weighted by Gasteiger charge is 2.23. The molecule has 6 aromatic carbocycles. The van der Waals surface area contributed by atoms with E-state index in [1.165, 1.54) is 11.8 Å². The number of thioether (sulfide) groups is 1. The number of fused-ring (bicyclic) bond motifs is 2. The second-order valence-electron chi connectivity index (χ2n) is 10.5. The standard InChI is InChI=1S/C38H27N3O3S/c42-36(29-18-17-25-9-4-5-12-28(25)23-29)40-31-13-8-14-32(24-31)45-35(26-10-2-1-3-11-26)37(43)39-30-21-19-27(20-22-30)38-41-33-15-6-7-16-34(33)44-38/h1-24,35H,(H,39,43)(H,40,42). The van der Waals surface area contributed by atoms with Gasteiger partial charge in [-0.25, -0.2) is 4.98 Å². The topological polar surface area (TPSA) is 84.2 Å². The van der Waals surface area contributed by atoms with Crippen LogP contribution < -0.4 is 10.6 Å². The van der Waals surface area contributed by atoms with Crippen LogP contribution in [-0.2, 0) is 4.79 Å². The second-order valence-corrected chi connectivity index (χ2v) is 11.7. The SMILES string of the molecule is O=C(Nc1cccc(SC(C(=O)Nc2ccc(-c3nc4ccccc4o3)cc2)c2ccccc2)c1)c1ccc2ccccc2c1. The highest BCUT2D eigenvalue weighted by Crippen LogP contribution is 2.37. The van der Waals surface area contributed by atoms with Gasteiger partial charge in [0.25, 0.3) is 5.91 Å². The maximum Gasteiger partial charge on any atom is 0.255 e. The van der Waals surface area contributed by atoms with Crippen molar-refractivity contribution in [3.05, 3.63) is 157 Å². The van der Waals surface area contributed by atoms with Gasteiger partial charge >= 0.3 is 0 Å². The largest absolute Gasteiger partial charge is 0.436 e. The Bertz CT molecular complexity index is 2110. The third-order valence-electron chi connectivity index (χ3n) is 7.39. The van der Waals surface area contributed by atoms with Crippen LogP contribution in [0.15, 0.2) is 155 Å². The Balaban J connectivity index is 1.07. The molecule has 0 aliphatic heterocycles. The summed E-state index contributed by atoms with van der Waals surface area (Å²) in [6.07, 6.45) is 0. The lowest BCUT2D eigenvalue weighted by molar-refractivity contribution is -0.115. The van der Waals surface area contributed by atoms with Gasteiger partial charge in [0.1, 0.15) is 10.8 Å². The number of carbonyl (C=O) groups is 2. The fourth-order valence-electron chi connectivity index (χ4n) is 5.12. The lowest BCUT2D eigenvalue weighted by Gasteiger charge is -2.18. The molecule has 7 aromatic rings. The monoisotopic (exact) mass is 605 g/mol. The van der Waals surface area contributed by atoms with Crippen LogP contribution in [0.2, 0.25) is 0 Å². The summed E-state index contributed by atoms with van der Waals surface area (Å²) in [5.41, 5.74) is 5.11. The minimum Gasteiger partial charge on any atom is -0.436 e. The predicted octanol–water partition coefficient (Wildman–Crippen LogP) is 9.37. The molecule has 0 spiro atoms. The van der Waals surface area contributed by atoms with Crippen LogP contribution >= 0.6 is 11.8 Å². The van der Waals surface area contributed by atoms with Crippen LogP contribution in [-0.4, -0.2) is 16.8 Å². The van der Waals surface area contributed by atoms with Crippen LogP contribution in [0, 0.1) is 0 Å². The summed E-state index contributed by atoms with van der Waals surface area (Å²) < 4.78 is 5.89. The molecule has 1 unspecified atom stereocenters. The summed E-state index contributed by atoms with van der Waals surface area (Å²) in [7, 11) is 0. The van der Waals surface area contributed by atoms with Gasteiger partial charge in [0.2, 0.25) is 11.8 Å². The van der Waals surface area contributed by atoms with Gasteiger partial charge in [-0.05, 0) is 83.1 Å². The average Bonchev–Trinajstić information content (AvgIpc) is 3.52. The smallest absolute Gasteiger partial charge is 0.255 e. The van der Waals surface area contributed by atoms with Crippen molar-refractivity contribution in [2.24, 2.45) is 0 Å². The van der Waals surface area contributed by atoms with E-state index >= 15 is 0 Å². The van der Waals surface area contributed by atoms with Crippen LogP contribution in [0.3, 0.4) is 0 Å². The summed E-state index contributed by atoms with van der Waals surface area (Å²) in [5, 5.41) is 7.63. The van der Waals surface area contributed by atoms with Gasteiger partial charge in [-0.1, -0.05) is 78.9 Å². The molecule has 0 saturated carbocycles. The van der Waals surface area contributed by atoms with Gasteiger partial charge < -0.3 is 15.1 Å². The number of hydrogen-bond donors (Lipinski definition) is 2. The first kappa shape index (κ1) is 28.1. The van der Waals surface area contributed by atoms with E-state index in [0.717, 1.165) is 37.9 Å². The first-order valence-corrected chi connectivity index (χ1v) is 15.4. The Hall–Kier alpha value is -5.66. The fourth-order valence-corrected chi connectivity index (χ4v) is 6.20. The quantitative estimate of drug-likeness (QED) is 0.169. The summed E-state index contributed by atoms with van der Waals surface area (Å²) >= 11 is 1.42. The van der Waals surface area contributed by atoms with Crippen molar-refractivity contribution in [3.63, 3.8) is 0 Å². The Morgan fingerprint density at radius 3 is 2.22 bits per heavy atom. The zero-order chi connectivity index (χ0) is 30.6. The molecule has 0 aliphatic carbocycles. The fraction of sp³-hybridized carbons (Fsp3) is 0.0263. The van der Waals surface area contributed by atoms with Crippen LogP contribution in [0.25, 0.3) is 33.3 Å².